The second kappa shape index (κ2) is 6.64. The summed E-state index contributed by atoms with van der Waals surface area (Å²) in [5, 5.41) is 10.2. The van der Waals surface area contributed by atoms with Crippen LogP contribution in [0.2, 0.25) is 0 Å². The van der Waals surface area contributed by atoms with Crippen molar-refractivity contribution in [2.24, 2.45) is 0 Å². The average Bonchev–Trinajstić information content (AvgIpc) is 2.71. The first kappa shape index (κ1) is 14.8. The number of amides is 1. The van der Waals surface area contributed by atoms with Crippen LogP contribution in [0.3, 0.4) is 0 Å². The van der Waals surface area contributed by atoms with Gasteiger partial charge in [0.1, 0.15) is 0 Å². The minimum absolute atomic E-state index is 0.0861. The molecule has 0 aliphatic heterocycles. The van der Waals surface area contributed by atoms with Crippen molar-refractivity contribution in [2.75, 3.05) is 19.1 Å². The minimum atomic E-state index is -0.718. The van der Waals surface area contributed by atoms with Crippen molar-refractivity contribution in [3.05, 3.63) is 0 Å². The number of carbonyl (C=O) groups is 1. The molecule has 1 fully saturated rings. The molecule has 3 nitrogen and oxygen atoms in total. The Morgan fingerprint density at radius 2 is 2.06 bits per heavy atom. The van der Waals surface area contributed by atoms with E-state index in [1.165, 1.54) is 0 Å². The molecule has 1 amide bonds. The topological polar surface area (TPSA) is 40.5 Å². The smallest absolute Gasteiger partial charge is 0.225 e. The van der Waals surface area contributed by atoms with Gasteiger partial charge in [0.25, 0.3) is 0 Å². The molecular weight excluding hydrogens is 234 g/mol. The third kappa shape index (κ3) is 4.51. The highest BCUT2D eigenvalue weighted by atomic mass is 32.2. The summed E-state index contributed by atoms with van der Waals surface area (Å²) >= 11 is 1.80. The van der Waals surface area contributed by atoms with Crippen molar-refractivity contribution in [1.82, 2.24) is 4.90 Å². The molecule has 0 spiro atoms. The molecule has 1 atom stereocenters. The van der Waals surface area contributed by atoms with Crippen molar-refractivity contribution in [1.29, 1.82) is 0 Å². The van der Waals surface area contributed by atoms with Crippen LogP contribution in [-0.4, -0.2) is 46.6 Å². The van der Waals surface area contributed by atoms with Crippen LogP contribution in [0.15, 0.2) is 0 Å². The van der Waals surface area contributed by atoms with E-state index in [0.717, 1.165) is 37.9 Å². The van der Waals surface area contributed by atoms with E-state index in [1.807, 2.05) is 7.05 Å². The molecule has 0 bridgehead atoms. The first-order valence-corrected chi connectivity index (χ1v) is 7.85. The van der Waals surface area contributed by atoms with Gasteiger partial charge in [-0.15, -0.1) is 0 Å². The second-order valence-electron chi connectivity index (χ2n) is 5.24. The molecule has 0 heterocycles. The molecule has 4 heteroatoms. The van der Waals surface area contributed by atoms with Crippen molar-refractivity contribution in [3.8, 4) is 0 Å². The molecule has 0 aromatic heterocycles. The monoisotopic (exact) mass is 259 g/mol. The van der Waals surface area contributed by atoms with Gasteiger partial charge in [0.2, 0.25) is 5.91 Å². The lowest BCUT2D eigenvalue weighted by molar-refractivity contribution is -0.136. The first-order chi connectivity index (χ1) is 7.98. The summed E-state index contributed by atoms with van der Waals surface area (Å²) in [5.74, 6) is 1.16. The predicted molar refractivity (Wildman–Crippen MR) is 73.3 cm³/mol. The Bertz CT molecular complexity index is 252. The third-order valence-electron chi connectivity index (χ3n) is 3.81. The Hall–Kier alpha value is -0.220. The van der Waals surface area contributed by atoms with E-state index in [4.69, 9.17) is 0 Å². The Labute approximate surface area is 109 Å². The maximum atomic E-state index is 12.1. The van der Waals surface area contributed by atoms with Crippen molar-refractivity contribution >= 4 is 17.7 Å². The largest absolute Gasteiger partial charge is 0.389 e. The van der Waals surface area contributed by atoms with E-state index < -0.39 is 5.60 Å². The summed E-state index contributed by atoms with van der Waals surface area (Å²) in [5.41, 5.74) is -0.718. The zero-order valence-corrected chi connectivity index (χ0v) is 12.1. The minimum Gasteiger partial charge on any atom is -0.389 e. The zero-order chi connectivity index (χ0) is 12.9. The van der Waals surface area contributed by atoms with Crippen molar-refractivity contribution in [3.63, 3.8) is 0 Å². The lowest BCUT2D eigenvalue weighted by atomic mass is 9.97. The summed E-state index contributed by atoms with van der Waals surface area (Å²) in [6, 6.07) is 0.264. The number of aliphatic hydroxyl groups is 1. The number of carbonyl (C=O) groups excluding carboxylic acids is 1. The number of rotatable bonds is 6. The Morgan fingerprint density at radius 3 is 2.59 bits per heavy atom. The van der Waals surface area contributed by atoms with Gasteiger partial charge in [-0.3, -0.25) is 4.79 Å². The van der Waals surface area contributed by atoms with Gasteiger partial charge in [0, 0.05) is 13.1 Å². The lowest BCUT2D eigenvalue weighted by Crippen LogP contribution is -2.40. The molecule has 1 saturated carbocycles. The van der Waals surface area contributed by atoms with Crippen LogP contribution in [0.5, 0.6) is 0 Å². The van der Waals surface area contributed by atoms with E-state index in [-0.39, 0.29) is 11.9 Å². The maximum absolute atomic E-state index is 12.1. The number of nitrogens with zero attached hydrogens (tertiary/aromatic N) is 1. The van der Waals surface area contributed by atoms with E-state index in [1.54, 1.807) is 16.7 Å². The van der Waals surface area contributed by atoms with Gasteiger partial charge in [-0.1, -0.05) is 12.8 Å². The highest BCUT2D eigenvalue weighted by Gasteiger charge is 2.34. The summed E-state index contributed by atoms with van der Waals surface area (Å²) in [6.07, 6.45) is 7.06. The SMILES string of the molecule is CSCCC(C)N(C)C(=O)CC1(O)CCCC1. The van der Waals surface area contributed by atoms with E-state index in [9.17, 15) is 9.90 Å². The molecule has 0 aromatic carbocycles. The molecule has 0 aromatic rings. The van der Waals surface area contributed by atoms with Crippen molar-refractivity contribution < 1.29 is 9.90 Å². The highest BCUT2D eigenvalue weighted by Crippen LogP contribution is 2.32. The van der Waals surface area contributed by atoms with Crippen LogP contribution in [0.25, 0.3) is 0 Å². The maximum Gasteiger partial charge on any atom is 0.225 e. The van der Waals surface area contributed by atoms with Crippen LogP contribution in [0.1, 0.15) is 45.4 Å². The third-order valence-corrected chi connectivity index (χ3v) is 4.45. The summed E-state index contributed by atoms with van der Waals surface area (Å²) < 4.78 is 0. The van der Waals surface area contributed by atoms with Crippen LogP contribution in [0, 0.1) is 0 Å². The fourth-order valence-electron chi connectivity index (χ4n) is 2.34. The molecular formula is C13H25NO2S. The molecule has 100 valence electrons. The molecule has 1 N–H and O–H groups in total. The Balaban J connectivity index is 2.40. The zero-order valence-electron chi connectivity index (χ0n) is 11.2. The summed E-state index contributed by atoms with van der Waals surface area (Å²) in [4.78, 5) is 13.9. The van der Waals surface area contributed by atoms with Gasteiger partial charge in [0.05, 0.1) is 12.0 Å². The van der Waals surface area contributed by atoms with Gasteiger partial charge in [0.15, 0.2) is 0 Å². The van der Waals surface area contributed by atoms with Gasteiger partial charge < -0.3 is 10.0 Å². The molecule has 0 saturated heterocycles. The highest BCUT2D eigenvalue weighted by molar-refractivity contribution is 7.98. The number of thioether (sulfide) groups is 1. The predicted octanol–water partition coefficient (Wildman–Crippen LogP) is 2.28. The van der Waals surface area contributed by atoms with E-state index in [2.05, 4.69) is 13.2 Å². The Morgan fingerprint density at radius 1 is 1.47 bits per heavy atom. The summed E-state index contributed by atoms with van der Waals surface area (Å²) in [7, 11) is 1.85. The molecule has 1 aliphatic rings. The molecule has 1 rings (SSSR count). The molecule has 1 aliphatic carbocycles. The van der Waals surface area contributed by atoms with Crippen LogP contribution < -0.4 is 0 Å². The Kier molecular flexibility index (Phi) is 5.80. The van der Waals surface area contributed by atoms with Gasteiger partial charge in [-0.2, -0.15) is 11.8 Å². The quantitative estimate of drug-likeness (QED) is 0.795. The molecule has 17 heavy (non-hydrogen) atoms. The standard InChI is InChI=1S/C13H25NO2S/c1-11(6-9-17-3)14(2)12(15)10-13(16)7-4-5-8-13/h11,16H,4-10H2,1-3H3. The van der Waals surface area contributed by atoms with Gasteiger partial charge in [-0.05, 0) is 38.2 Å². The fourth-order valence-corrected chi connectivity index (χ4v) is 2.92. The fraction of sp³-hybridized carbons (Fsp3) is 0.923. The second-order valence-corrected chi connectivity index (χ2v) is 6.23. The van der Waals surface area contributed by atoms with E-state index >= 15 is 0 Å². The van der Waals surface area contributed by atoms with Crippen LogP contribution >= 0.6 is 11.8 Å². The van der Waals surface area contributed by atoms with Crippen molar-refractivity contribution in [2.45, 2.75) is 57.1 Å². The van der Waals surface area contributed by atoms with Crippen LogP contribution in [-0.2, 0) is 4.79 Å². The lowest BCUT2D eigenvalue weighted by Gasteiger charge is -2.29. The summed E-state index contributed by atoms with van der Waals surface area (Å²) in [6.45, 7) is 2.08. The first-order valence-electron chi connectivity index (χ1n) is 6.45. The molecule has 1 unspecified atom stereocenters. The van der Waals surface area contributed by atoms with Gasteiger partial charge in [-0.25, -0.2) is 0 Å². The normalized spacial score (nSPS) is 20.2. The number of hydrogen-bond acceptors (Lipinski definition) is 3. The van der Waals surface area contributed by atoms with E-state index in [0.29, 0.717) is 6.42 Å². The number of hydrogen-bond donors (Lipinski definition) is 1. The average molecular weight is 259 g/mol. The van der Waals surface area contributed by atoms with Gasteiger partial charge >= 0.3 is 0 Å². The van der Waals surface area contributed by atoms with Crippen LogP contribution in [0.4, 0.5) is 0 Å². The molecule has 0 radical (unpaired) electrons.